The van der Waals surface area contributed by atoms with Crippen LogP contribution in [0.4, 0.5) is 5.95 Å². The first-order valence-corrected chi connectivity index (χ1v) is 10.3. The standard InChI is InChI=1S/C23H16BrClN4O/c24-19-10-8-18(9-11-19)22(30)28-23-27-21(17-4-2-1-3-5-17)15-29(23)26-14-16-6-12-20(25)13-7-16/h1-15H,(H,27,28,30)/b26-14+. The van der Waals surface area contributed by atoms with E-state index in [1.807, 2.05) is 54.6 Å². The molecule has 0 aliphatic heterocycles. The second-order valence-electron chi connectivity index (χ2n) is 6.42. The third-order valence-electron chi connectivity index (χ3n) is 4.29. The van der Waals surface area contributed by atoms with Gasteiger partial charge in [-0.2, -0.15) is 5.10 Å². The Morgan fingerprint density at radius 1 is 1.00 bits per heavy atom. The fourth-order valence-corrected chi connectivity index (χ4v) is 3.14. The molecule has 1 amide bonds. The second kappa shape index (κ2) is 9.07. The van der Waals surface area contributed by atoms with Crippen LogP contribution in [-0.2, 0) is 0 Å². The number of carbonyl (C=O) groups excluding carboxylic acids is 1. The van der Waals surface area contributed by atoms with Gasteiger partial charge in [0.1, 0.15) is 0 Å². The minimum atomic E-state index is -0.268. The number of carbonyl (C=O) groups is 1. The van der Waals surface area contributed by atoms with Crippen molar-refractivity contribution < 1.29 is 4.79 Å². The molecule has 0 unspecified atom stereocenters. The summed E-state index contributed by atoms with van der Waals surface area (Å²) < 4.78 is 2.45. The summed E-state index contributed by atoms with van der Waals surface area (Å²) in [7, 11) is 0. The van der Waals surface area contributed by atoms with Gasteiger partial charge in [-0.25, -0.2) is 9.66 Å². The lowest BCUT2D eigenvalue weighted by molar-refractivity contribution is 0.102. The number of benzene rings is 3. The van der Waals surface area contributed by atoms with Gasteiger partial charge in [0, 0.05) is 20.6 Å². The van der Waals surface area contributed by atoms with Crippen LogP contribution in [0.15, 0.2) is 94.6 Å². The van der Waals surface area contributed by atoms with E-state index < -0.39 is 0 Å². The van der Waals surface area contributed by atoms with E-state index in [9.17, 15) is 4.79 Å². The Bertz CT molecular complexity index is 1190. The molecule has 30 heavy (non-hydrogen) atoms. The molecule has 7 heteroatoms. The number of rotatable bonds is 5. The van der Waals surface area contributed by atoms with E-state index in [0.29, 0.717) is 22.2 Å². The van der Waals surface area contributed by atoms with E-state index in [1.54, 1.807) is 41.4 Å². The molecule has 0 spiro atoms. The van der Waals surface area contributed by atoms with Gasteiger partial charge in [0.2, 0.25) is 5.95 Å². The van der Waals surface area contributed by atoms with Crippen LogP contribution in [0.1, 0.15) is 15.9 Å². The summed E-state index contributed by atoms with van der Waals surface area (Å²) in [4.78, 5) is 17.3. The molecular formula is C23H16BrClN4O. The van der Waals surface area contributed by atoms with Gasteiger partial charge >= 0.3 is 0 Å². The van der Waals surface area contributed by atoms with Crippen LogP contribution in [-0.4, -0.2) is 21.8 Å². The molecule has 0 aliphatic rings. The van der Waals surface area contributed by atoms with Gasteiger partial charge in [-0.1, -0.05) is 70.0 Å². The van der Waals surface area contributed by atoms with Gasteiger partial charge < -0.3 is 0 Å². The predicted octanol–water partition coefficient (Wildman–Crippen LogP) is 6.10. The number of imidazole rings is 1. The molecule has 4 aromatic rings. The van der Waals surface area contributed by atoms with Gasteiger partial charge in [-0.3, -0.25) is 10.1 Å². The lowest BCUT2D eigenvalue weighted by Crippen LogP contribution is -2.14. The Hall–Kier alpha value is -3.22. The van der Waals surface area contributed by atoms with Crippen molar-refractivity contribution in [2.75, 3.05) is 5.32 Å². The van der Waals surface area contributed by atoms with E-state index in [-0.39, 0.29) is 5.91 Å². The number of hydrogen-bond acceptors (Lipinski definition) is 3. The van der Waals surface area contributed by atoms with Crippen molar-refractivity contribution in [2.45, 2.75) is 0 Å². The number of amides is 1. The molecule has 0 fully saturated rings. The van der Waals surface area contributed by atoms with Gasteiger partial charge in [-0.15, -0.1) is 0 Å². The zero-order chi connectivity index (χ0) is 20.9. The van der Waals surface area contributed by atoms with Gasteiger partial charge in [-0.05, 0) is 42.0 Å². The summed E-state index contributed by atoms with van der Waals surface area (Å²) >= 11 is 9.31. The predicted molar refractivity (Wildman–Crippen MR) is 124 cm³/mol. The molecular weight excluding hydrogens is 464 g/mol. The van der Waals surface area contributed by atoms with Crippen LogP contribution in [0.3, 0.4) is 0 Å². The van der Waals surface area contributed by atoms with Gasteiger partial charge in [0.15, 0.2) is 0 Å². The zero-order valence-corrected chi connectivity index (χ0v) is 18.0. The number of nitrogens with zero attached hydrogens (tertiary/aromatic N) is 3. The molecule has 0 aliphatic carbocycles. The van der Waals surface area contributed by atoms with Crippen LogP contribution < -0.4 is 5.32 Å². The van der Waals surface area contributed by atoms with Crippen LogP contribution in [0, 0.1) is 0 Å². The maximum atomic E-state index is 12.7. The topological polar surface area (TPSA) is 59.3 Å². The Balaban J connectivity index is 1.66. The number of nitrogens with one attached hydrogen (secondary N) is 1. The lowest BCUT2D eigenvalue weighted by atomic mass is 10.2. The van der Waals surface area contributed by atoms with Crippen molar-refractivity contribution in [1.29, 1.82) is 0 Å². The van der Waals surface area contributed by atoms with Crippen LogP contribution in [0.5, 0.6) is 0 Å². The molecule has 0 saturated heterocycles. The Morgan fingerprint density at radius 3 is 2.40 bits per heavy atom. The second-order valence-corrected chi connectivity index (χ2v) is 7.77. The highest BCUT2D eigenvalue weighted by molar-refractivity contribution is 9.10. The monoisotopic (exact) mass is 478 g/mol. The third-order valence-corrected chi connectivity index (χ3v) is 5.07. The molecule has 0 saturated carbocycles. The van der Waals surface area contributed by atoms with Gasteiger partial charge in [0.05, 0.1) is 18.1 Å². The summed E-state index contributed by atoms with van der Waals surface area (Å²) in [6.45, 7) is 0. The highest BCUT2D eigenvalue weighted by Crippen LogP contribution is 2.21. The SMILES string of the molecule is O=C(Nc1nc(-c2ccccc2)cn1/N=C/c1ccc(Cl)cc1)c1ccc(Br)cc1. The molecule has 0 bridgehead atoms. The highest BCUT2D eigenvalue weighted by Gasteiger charge is 2.13. The minimum Gasteiger partial charge on any atom is -0.290 e. The fourth-order valence-electron chi connectivity index (χ4n) is 2.75. The Labute approximate surface area is 187 Å². The number of halogens is 2. The maximum absolute atomic E-state index is 12.7. The molecule has 5 nitrogen and oxygen atoms in total. The first kappa shape index (κ1) is 20.1. The van der Waals surface area contributed by atoms with Gasteiger partial charge in [0.25, 0.3) is 5.91 Å². The van der Waals surface area contributed by atoms with E-state index in [4.69, 9.17) is 11.6 Å². The van der Waals surface area contributed by atoms with Crippen molar-refractivity contribution in [3.05, 3.63) is 106 Å². The average molecular weight is 480 g/mol. The van der Waals surface area contributed by atoms with E-state index >= 15 is 0 Å². The van der Waals surface area contributed by atoms with Crippen molar-refractivity contribution >= 4 is 45.6 Å². The minimum absolute atomic E-state index is 0.268. The summed E-state index contributed by atoms with van der Waals surface area (Å²) in [6.07, 6.45) is 3.46. The Morgan fingerprint density at radius 2 is 1.70 bits per heavy atom. The lowest BCUT2D eigenvalue weighted by Gasteiger charge is -2.05. The molecule has 0 atom stereocenters. The number of anilines is 1. The number of aromatic nitrogens is 2. The van der Waals surface area contributed by atoms with E-state index in [1.165, 1.54) is 0 Å². The van der Waals surface area contributed by atoms with E-state index in [0.717, 1.165) is 15.6 Å². The molecule has 0 radical (unpaired) electrons. The van der Waals surface area contributed by atoms with Crippen molar-refractivity contribution in [1.82, 2.24) is 9.66 Å². The Kier molecular flexibility index (Phi) is 6.07. The quantitative estimate of drug-likeness (QED) is 0.352. The average Bonchev–Trinajstić information content (AvgIpc) is 3.17. The first-order chi connectivity index (χ1) is 14.6. The number of hydrogen-bond donors (Lipinski definition) is 1. The first-order valence-electron chi connectivity index (χ1n) is 9.10. The van der Waals surface area contributed by atoms with Crippen molar-refractivity contribution in [2.24, 2.45) is 5.10 Å². The van der Waals surface area contributed by atoms with Crippen molar-refractivity contribution in [3.63, 3.8) is 0 Å². The van der Waals surface area contributed by atoms with Crippen molar-refractivity contribution in [3.8, 4) is 11.3 Å². The molecule has 1 heterocycles. The summed E-state index contributed by atoms with van der Waals surface area (Å²) in [5, 5.41) is 7.98. The molecule has 148 valence electrons. The van der Waals surface area contributed by atoms with Crippen LogP contribution >= 0.6 is 27.5 Å². The summed E-state index contributed by atoms with van der Waals surface area (Å²) in [5.74, 6) is 0.0580. The fraction of sp³-hybridized carbons (Fsp3) is 0. The molecule has 1 aromatic heterocycles. The molecule has 4 rings (SSSR count). The molecule has 1 N–H and O–H groups in total. The summed E-state index contributed by atoms with van der Waals surface area (Å²) in [5.41, 5.74) is 3.03. The highest BCUT2D eigenvalue weighted by atomic mass is 79.9. The third kappa shape index (κ3) is 4.84. The van der Waals surface area contributed by atoms with E-state index in [2.05, 4.69) is 31.3 Å². The smallest absolute Gasteiger partial charge is 0.258 e. The van der Waals surface area contributed by atoms with Crippen LogP contribution in [0.2, 0.25) is 5.02 Å². The normalized spacial score (nSPS) is 11.0. The zero-order valence-electron chi connectivity index (χ0n) is 15.7. The summed E-state index contributed by atoms with van der Waals surface area (Å²) in [6, 6.07) is 24.1. The maximum Gasteiger partial charge on any atom is 0.258 e. The largest absolute Gasteiger partial charge is 0.290 e. The molecule has 3 aromatic carbocycles. The van der Waals surface area contributed by atoms with Crippen LogP contribution in [0.25, 0.3) is 11.3 Å².